The second kappa shape index (κ2) is 7.86. The molecular weight excluding hydrogens is 286 g/mol. The molecule has 0 bridgehead atoms. The average Bonchev–Trinajstić information content (AvgIpc) is 2.45. The van der Waals surface area contributed by atoms with Gasteiger partial charge in [0.15, 0.2) is 0 Å². The van der Waals surface area contributed by atoms with E-state index in [9.17, 15) is 20.0 Å². The third-order valence-corrected chi connectivity index (χ3v) is 3.39. The molecule has 122 valence electrons. The van der Waals surface area contributed by atoms with Gasteiger partial charge in [0.1, 0.15) is 0 Å². The van der Waals surface area contributed by atoms with Crippen LogP contribution in [0.4, 0.5) is 11.4 Å². The SMILES string of the molecule is CC(O)CN(CC(=O)N(C)c1ccc([N+](=O)[O-])cc1)C(C)C. The lowest BCUT2D eigenvalue weighted by atomic mass is 10.2. The third-order valence-electron chi connectivity index (χ3n) is 3.39. The highest BCUT2D eigenvalue weighted by atomic mass is 16.6. The van der Waals surface area contributed by atoms with Crippen molar-refractivity contribution in [1.82, 2.24) is 4.90 Å². The molecular formula is C15H23N3O4. The number of hydrogen-bond acceptors (Lipinski definition) is 5. The number of aliphatic hydroxyl groups excluding tert-OH is 1. The number of carbonyl (C=O) groups is 1. The summed E-state index contributed by atoms with van der Waals surface area (Å²) in [5, 5.41) is 20.1. The summed E-state index contributed by atoms with van der Waals surface area (Å²) < 4.78 is 0. The highest BCUT2D eigenvalue weighted by molar-refractivity contribution is 5.94. The molecule has 7 nitrogen and oxygen atoms in total. The van der Waals surface area contributed by atoms with Crippen molar-refractivity contribution in [1.29, 1.82) is 0 Å². The number of benzene rings is 1. The van der Waals surface area contributed by atoms with Crippen molar-refractivity contribution in [3.8, 4) is 0 Å². The van der Waals surface area contributed by atoms with Gasteiger partial charge in [-0.05, 0) is 32.9 Å². The Balaban J connectivity index is 2.76. The van der Waals surface area contributed by atoms with E-state index in [2.05, 4.69) is 0 Å². The van der Waals surface area contributed by atoms with Crippen LogP contribution in [0, 0.1) is 10.1 Å². The minimum absolute atomic E-state index is 0.0116. The van der Waals surface area contributed by atoms with Crippen LogP contribution >= 0.6 is 0 Å². The Hall–Kier alpha value is -1.99. The molecule has 0 fully saturated rings. The van der Waals surface area contributed by atoms with E-state index in [0.717, 1.165) is 0 Å². The fraction of sp³-hybridized carbons (Fsp3) is 0.533. The minimum atomic E-state index is -0.514. The number of non-ortho nitro benzene ring substituents is 1. The highest BCUT2D eigenvalue weighted by Gasteiger charge is 2.19. The van der Waals surface area contributed by atoms with E-state index in [4.69, 9.17) is 0 Å². The van der Waals surface area contributed by atoms with Crippen LogP contribution in [0.1, 0.15) is 20.8 Å². The van der Waals surface area contributed by atoms with E-state index in [1.54, 1.807) is 26.1 Å². The maximum Gasteiger partial charge on any atom is 0.269 e. The van der Waals surface area contributed by atoms with Crippen LogP contribution in [-0.4, -0.2) is 53.1 Å². The predicted molar refractivity (Wildman–Crippen MR) is 84.9 cm³/mol. The molecule has 1 N–H and O–H groups in total. The van der Waals surface area contributed by atoms with Gasteiger partial charge in [0.05, 0.1) is 17.6 Å². The van der Waals surface area contributed by atoms with Crippen molar-refractivity contribution in [2.75, 3.05) is 25.0 Å². The number of nitrogens with zero attached hydrogens (tertiary/aromatic N) is 3. The summed E-state index contributed by atoms with van der Waals surface area (Å²) >= 11 is 0. The molecule has 22 heavy (non-hydrogen) atoms. The molecule has 0 aliphatic heterocycles. The van der Waals surface area contributed by atoms with Gasteiger partial charge in [-0.25, -0.2) is 0 Å². The normalized spacial score (nSPS) is 12.5. The smallest absolute Gasteiger partial charge is 0.269 e. The van der Waals surface area contributed by atoms with Crippen molar-refractivity contribution in [2.24, 2.45) is 0 Å². The first kappa shape index (κ1) is 18.1. The zero-order valence-electron chi connectivity index (χ0n) is 13.4. The summed E-state index contributed by atoms with van der Waals surface area (Å²) in [4.78, 5) is 25.8. The number of anilines is 1. The van der Waals surface area contributed by atoms with Crippen molar-refractivity contribution >= 4 is 17.3 Å². The first-order valence-electron chi connectivity index (χ1n) is 7.15. The van der Waals surface area contributed by atoms with Gasteiger partial charge in [-0.3, -0.25) is 19.8 Å². The third kappa shape index (κ3) is 5.09. The topological polar surface area (TPSA) is 86.9 Å². The Kier molecular flexibility index (Phi) is 6.45. The standard InChI is InChI=1S/C15H23N3O4/c1-11(2)17(9-12(3)19)10-15(20)16(4)13-5-7-14(8-6-13)18(21)22/h5-8,11-12,19H,9-10H2,1-4H3. The highest BCUT2D eigenvalue weighted by Crippen LogP contribution is 2.18. The van der Waals surface area contributed by atoms with E-state index in [0.29, 0.717) is 12.2 Å². The summed E-state index contributed by atoms with van der Waals surface area (Å²) in [7, 11) is 1.63. The molecule has 0 heterocycles. The van der Waals surface area contributed by atoms with Crippen LogP contribution in [0.25, 0.3) is 0 Å². The van der Waals surface area contributed by atoms with Crippen LogP contribution in [0.15, 0.2) is 24.3 Å². The molecule has 1 unspecified atom stereocenters. The molecule has 0 saturated carbocycles. The average molecular weight is 309 g/mol. The van der Waals surface area contributed by atoms with Gasteiger partial charge in [-0.1, -0.05) is 0 Å². The van der Waals surface area contributed by atoms with E-state index >= 15 is 0 Å². The number of rotatable bonds is 7. The first-order chi connectivity index (χ1) is 10.2. The molecule has 0 spiro atoms. The fourth-order valence-corrected chi connectivity index (χ4v) is 2.02. The van der Waals surface area contributed by atoms with Crippen molar-refractivity contribution in [3.05, 3.63) is 34.4 Å². The number of likely N-dealkylation sites (N-methyl/N-ethyl adjacent to an activating group) is 1. The lowest BCUT2D eigenvalue weighted by molar-refractivity contribution is -0.384. The summed E-state index contributed by atoms with van der Waals surface area (Å²) in [6, 6.07) is 5.96. The van der Waals surface area contributed by atoms with Gasteiger partial charge >= 0.3 is 0 Å². The van der Waals surface area contributed by atoms with Crippen molar-refractivity contribution < 1.29 is 14.8 Å². The Bertz CT molecular complexity index is 514. The Morgan fingerprint density at radius 1 is 1.27 bits per heavy atom. The van der Waals surface area contributed by atoms with Crippen LogP contribution in [0.3, 0.4) is 0 Å². The summed E-state index contributed by atoms with van der Waals surface area (Å²) in [6.07, 6.45) is -0.514. The second-order valence-electron chi connectivity index (χ2n) is 5.60. The van der Waals surface area contributed by atoms with Crippen LogP contribution in [-0.2, 0) is 4.79 Å². The van der Waals surface area contributed by atoms with Crippen LogP contribution in [0.2, 0.25) is 0 Å². The first-order valence-corrected chi connectivity index (χ1v) is 7.15. The Labute approximate surface area is 130 Å². The lowest BCUT2D eigenvalue weighted by Gasteiger charge is -2.29. The van der Waals surface area contributed by atoms with Gasteiger partial charge in [0.2, 0.25) is 5.91 Å². The van der Waals surface area contributed by atoms with Crippen LogP contribution < -0.4 is 4.90 Å². The monoisotopic (exact) mass is 309 g/mol. The van der Waals surface area contributed by atoms with Crippen molar-refractivity contribution in [3.63, 3.8) is 0 Å². The fourth-order valence-electron chi connectivity index (χ4n) is 2.02. The Morgan fingerprint density at radius 3 is 2.23 bits per heavy atom. The molecule has 0 radical (unpaired) electrons. The lowest BCUT2D eigenvalue weighted by Crippen LogP contribution is -2.44. The molecule has 1 atom stereocenters. The van der Waals surface area contributed by atoms with Gasteiger partial charge in [0, 0.05) is 37.5 Å². The van der Waals surface area contributed by atoms with Gasteiger partial charge in [-0.2, -0.15) is 0 Å². The summed E-state index contributed by atoms with van der Waals surface area (Å²) in [5.41, 5.74) is 0.582. The van der Waals surface area contributed by atoms with E-state index in [-0.39, 0.29) is 24.2 Å². The maximum absolute atomic E-state index is 12.3. The minimum Gasteiger partial charge on any atom is -0.392 e. The number of aliphatic hydroxyl groups is 1. The zero-order chi connectivity index (χ0) is 16.9. The molecule has 0 aliphatic carbocycles. The number of hydrogen-bond donors (Lipinski definition) is 1. The molecule has 1 aromatic rings. The van der Waals surface area contributed by atoms with E-state index < -0.39 is 11.0 Å². The van der Waals surface area contributed by atoms with Crippen LogP contribution in [0.5, 0.6) is 0 Å². The quantitative estimate of drug-likeness (QED) is 0.611. The molecule has 0 aromatic heterocycles. The molecule has 0 saturated heterocycles. The molecule has 0 aliphatic rings. The van der Waals surface area contributed by atoms with Gasteiger partial charge in [-0.15, -0.1) is 0 Å². The van der Waals surface area contributed by atoms with Crippen molar-refractivity contribution in [2.45, 2.75) is 32.9 Å². The number of nitro groups is 1. The van der Waals surface area contributed by atoms with E-state index in [1.807, 2.05) is 18.7 Å². The van der Waals surface area contributed by atoms with Gasteiger partial charge < -0.3 is 10.0 Å². The van der Waals surface area contributed by atoms with E-state index in [1.165, 1.54) is 17.0 Å². The zero-order valence-corrected chi connectivity index (χ0v) is 13.4. The summed E-state index contributed by atoms with van der Waals surface area (Å²) in [5.74, 6) is -0.136. The molecule has 1 aromatic carbocycles. The Morgan fingerprint density at radius 2 is 1.82 bits per heavy atom. The molecule has 7 heteroatoms. The number of carbonyl (C=O) groups excluding carboxylic acids is 1. The predicted octanol–water partition coefficient (Wildman–Crippen LogP) is 1.65. The number of amides is 1. The molecule has 1 rings (SSSR count). The molecule has 1 amide bonds. The van der Waals surface area contributed by atoms with Gasteiger partial charge in [0.25, 0.3) is 5.69 Å². The largest absolute Gasteiger partial charge is 0.392 e. The number of nitro benzene ring substituents is 1. The second-order valence-corrected chi connectivity index (χ2v) is 5.60. The summed E-state index contributed by atoms with van der Waals surface area (Å²) in [6.45, 7) is 6.19. The maximum atomic E-state index is 12.3.